The molecule has 0 bridgehead atoms. The van der Waals surface area contributed by atoms with Gasteiger partial charge in [-0.3, -0.25) is 4.79 Å². The van der Waals surface area contributed by atoms with Gasteiger partial charge in [0.2, 0.25) is 0 Å². The summed E-state index contributed by atoms with van der Waals surface area (Å²) in [6, 6.07) is 6.20. The molecule has 6 heteroatoms. The van der Waals surface area contributed by atoms with Crippen molar-refractivity contribution in [2.45, 2.75) is 45.9 Å². The van der Waals surface area contributed by atoms with Gasteiger partial charge in [-0.25, -0.2) is 0 Å². The van der Waals surface area contributed by atoms with E-state index in [1.54, 1.807) is 16.2 Å². The van der Waals surface area contributed by atoms with Gasteiger partial charge in [0.1, 0.15) is 23.5 Å². The number of benzene rings is 1. The number of amides is 1. The van der Waals surface area contributed by atoms with Crippen LogP contribution in [-0.4, -0.2) is 23.6 Å². The smallest absolute Gasteiger partial charge is 0.256 e. The maximum absolute atomic E-state index is 12.8. The van der Waals surface area contributed by atoms with E-state index in [1.807, 2.05) is 25.1 Å². The van der Waals surface area contributed by atoms with Crippen molar-refractivity contribution < 1.29 is 14.8 Å². The minimum Gasteiger partial charge on any atom is -0.507 e. The summed E-state index contributed by atoms with van der Waals surface area (Å²) in [6.45, 7) is 8.41. The molecule has 0 saturated carbocycles. The number of anilines is 1. The fourth-order valence-corrected chi connectivity index (χ4v) is 5.10. The summed E-state index contributed by atoms with van der Waals surface area (Å²) in [5, 5.41) is 17.7. The van der Waals surface area contributed by atoms with E-state index in [9.17, 15) is 9.90 Å². The lowest BCUT2D eigenvalue weighted by molar-refractivity contribution is -0.936. The summed E-state index contributed by atoms with van der Waals surface area (Å²) < 4.78 is 0. The van der Waals surface area contributed by atoms with Crippen LogP contribution in [0.25, 0.3) is 0 Å². The minimum absolute atomic E-state index is 0.0369. The first-order chi connectivity index (χ1) is 12.0. The maximum atomic E-state index is 12.8. The molecule has 2 aliphatic heterocycles. The monoisotopic (exact) mass is 358 g/mol. The predicted molar refractivity (Wildman–Crippen MR) is 99.4 cm³/mol. The van der Waals surface area contributed by atoms with Gasteiger partial charge < -0.3 is 20.6 Å². The number of hydrogen-bond acceptors (Lipinski definition) is 4. The van der Waals surface area contributed by atoms with Gasteiger partial charge in [0.25, 0.3) is 5.91 Å². The summed E-state index contributed by atoms with van der Waals surface area (Å²) in [6.07, 6.45) is 0.554. The Balaban J connectivity index is 1.68. The van der Waals surface area contributed by atoms with Crippen molar-refractivity contribution in [1.29, 1.82) is 0 Å². The average Bonchev–Trinajstić information content (AvgIpc) is 2.95. The molecule has 1 aromatic carbocycles. The second kappa shape index (κ2) is 6.04. The molecular weight excluding hydrogens is 334 g/mol. The number of thiophene rings is 1. The van der Waals surface area contributed by atoms with E-state index in [2.05, 4.69) is 24.5 Å². The molecule has 0 fully saturated rings. The highest BCUT2D eigenvalue weighted by Crippen LogP contribution is 2.40. The van der Waals surface area contributed by atoms with Crippen molar-refractivity contribution in [1.82, 2.24) is 5.32 Å². The third-order valence-electron chi connectivity index (χ3n) is 5.35. The van der Waals surface area contributed by atoms with E-state index in [1.165, 1.54) is 10.4 Å². The summed E-state index contributed by atoms with van der Waals surface area (Å²) in [4.78, 5) is 15.7. The van der Waals surface area contributed by atoms with Gasteiger partial charge in [-0.15, -0.1) is 11.3 Å². The number of rotatable bonds is 2. The lowest BCUT2D eigenvalue weighted by Gasteiger charge is -2.29. The molecule has 0 aliphatic carbocycles. The second-order valence-corrected chi connectivity index (χ2v) is 8.37. The van der Waals surface area contributed by atoms with Crippen molar-refractivity contribution in [3.8, 4) is 5.75 Å². The van der Waals surface area contributed by atoms with Crippen LogP contribution in [0.15, 0.2) is 18.2 Å². The van der Waals surface area contributed by atoms with Crippen molar-refractivity contribution in [3.63, 3.8) is 0 Å². The van der Waals surface area contributed by atoms with Gasteiger partial charge in [-0.05, 0) is 31.9 Å². The van der Waals surface area contributed by atoms with Gasteiger partial charge in [0.05, 0.1) is 23.0 Å². The Morgan fingerprint density at radius 3 is 2.88 bits per heavy atom. The Kier molecular flexibility index (Phi) is 3.96. The Hall–Kier alpha value is -2.05. The van der Waals surface area contributed by atoms with E-state index in [0.29, 0.717) is 11.6 Å². The number of aryl methyl sites for hydroxylation is 1. The molecule has 1 unspecified atom stereocenters. The van der Waals surface area contributed by atoms with Crippen LogP contribution in [0.4, 0.5) is 5.00 Å². The van der Waals surface area contributed by atoms with Crippen LogP contribution < -0.4 is 15.5 Å². The van der Waals surface area contributed by atoms with Crippen molar-refractivity contribution in [3.05, 3.63) is 45.3 Å². The Labute approximate surface area is 151 Å². The lowest BCUT2D eigenvalue weighted by atomic mass is 9.99. The normalized spacial score (nSPS) is 22.2. The molecule has 132 valence electrons. The lowest BCUT2D eigenvalue weighted by Crippen LogP contribution is -3.14. The van der Waals surface area contributed by atoms with E-state index < -0.39 is 6.17 Å². The van der Waals surface area contributed by atoms with E-state index >= 15 is 0 Å². The first-order valence-electron chi connectivity index (χ1n) is 8.80. The number of carbonyl (C=O) groups excluding carboxylic acids is 1. The quantitative estimate of drug-likeness (QED) is 0.664. The molecule has 1 amide bonds. The first kappa shape index (κ1) is 16.4. The third kappa shape index (κ3) is 2.69. The topological polar surface area (TPSA) is 65.8 Å². The molecule has 5 nitrogen and oxygen atoms in total. The second-order valence-electron chi connectivity index (χ2n) is 7.26. The average molecular weight is 358 g/mol. The summed E-state index contributed by atoms with van der Waals surface area (Å²) in [7, 11) is 0. The first-order valence-corrected chi connectivity index (χ1v) is 9.62. The Morgan fingerprint density at radius 1 is 1.32 bits per heavy atom. The van der Waals surface area contributed by atoms with Crippen LogP contribution in [0.3, 0.4) is 0 Å². The zero-order valence-corrected chi connectivity index (χ0v) is 15.6. The molecular formula is C19H24N3O2S+. The van der Waals surface area contributed by atoms with Crippen LogP contribution in [-0.2, 0) is 13.0 Å². The number of carbonyl (C=O) groups is 1. The number of para-hydroxylation sites is 1. The molecule has 2 atom stereocenters. The predicted octanol–water partition coefficient (Wildman–Crippen LogP) is 1.97. The van der Waals surface area contributed by atoms with Crippen LogP contribution >= 0.6 is 11.3 Å². The number of phenolic OH excluding ortho intramolecular Hbond substituents is 1. The largest absolute Gasteiger partial charge is 0.507 e. The highest BCUT2D eigenvalue weighted by atomic mass is 32.1. The summed E-state index contributed by atoms with van der Waals surface area (Å²) >= 11 is 1.70. The van der Waals surface area contributed by atoms with Gasteiger partial charge >= 0.3 is 0 Å². The van der Waals surface area contributed by atoms with Crippen LogP contribution in [0.2, 0.25) is 0 Å². The third-order valence-corrected chi connectivity index (χ3v) is 6.51. The van der Waals surface area contributed by atoms with Crippen molar-refractivity contribution >= 4 is 22.2 Å². The molecule has 4 rings (SSSR count). The summed E-state index contributed by atoms with van der Waals surface area (Å²) in [5.74, 6) is 0.200. The maximum Gasteiger partial charge on any atom is 0.256 e. The zero-order chi connectivity index (χ0) is 17.7. The van der Waals surface area contributed by atoms with E-state index in [4.69, 9.17) is 0 Å². The number of quaternary nitrogens is 1. The number of nitrogens with one attached hydrogen (secondary N) is 3. The number of hydrogen-bond donors (Lipinski definition) is 4. The zero-order valence-electron chi connectivity index (χ0n) is 14.8. The summed E-state index contributed by atoms with van der Waals surface area (Å²) in [5.41, 5.74) is 3.54. The number of phenols is 1. The minimum atomic E-state index is -0.395. The SMILES string of the molecule is Cc1cccc([C@@H]2NC(=O)c3c(sc4c3CC[NH+](C(C)C)C4)N2)c1O. The standard InChI is InChI=1S/C19H23N3O2S/c1-10(2)22-8-7-12-14(9-22)25-19-15(12)18(24)20-17(21-19)13-6-4-5-11(3)16(13)23/h4-6,10,17,21,23H,7-9H2,1-3H3,(H,20,24)/p+1/t17-/m1/s1. The molecule has 1 aromatic heterocycles. The Morgan fingerprint density at radius 2 is 2.12 bits per heavy atom. The molecule has 2 aliphatic rings. The fourth-order valence-electron chi connectivity index (χ4n) is 3.77. The fraction of sp³-hybridized carbons (Fsp3) is 0.421. The highest BCUT2D eigenvalue weighted by molar-refractivity contribution is 7.16. The van der Waals surface area contributed by atoms with Gasteiger partial charge in [0, 0.05) is 12.0 Å². The highest BCUT2D eigenvalue weighted by Gasteiger charge is 2.35. The molecule has 0 spiro atoms. The molecule has 0 saturated heterocycles. The van der Waals surface area contributed by atoms with Crippen LogP contribution in [0.1, 0.15) is 51.9 Å². The molecule has 2 aromatic rings. The van der Waals surface area contributed by atoms with Crippen LogP contribution in [0, 0.1) is 6.92 Å². The number of aromatic hydroxyl groups is 1. The Bertz CT molecular complexity index is 843. The van der Waals surface area contributed by atoms with Crippen molar-refractivity contribution in [2.24, 2.45) is 0 Å². The van der Waals surface area contributed by atoms with E-state index in [-0.39, 0.29) is 11.7 Å². The van der Waals surface area contributed by atoms with Gasteiger partial charge in [-0.1, -0.05) is 18.2 Å². The van der Waals surface area contributed by atoms with Gasteiger partial charge in [-0.2, -0.15) is 0 Å². The van der Waals surface area contributed by atoms with E-state index in [0.717, 1.165) is 35.6 Å². The molecule has 4 N–H and O–H groups in total. The number of fused-ring (bicyclic) bond motifs is 3. The molecule has 25 heavy (non-hydrogen) atoms. The van der Waals surface area contributed by atoms with Crippen LogP contribution in [0.5, 0.6) is 5.75 Å². The van der Waals surface area contributed by atoms with Gasteiger partial charge in [0.15, 0.2) is 0 Å². The van der Waals surface area contributed by atoms with Crippen molar-refractivity contribution in [2.75, 3.05) is 11.9 Å². The molecule has 3 heterocycles. The molecule has 0 radical (unpaired) electrons.